The monoisotopic (exact) mass is 478 g/mol. The van der Waals surface area contributed by atoms with E-state index in [9.17, 15) is 4.79 Å². The molecule has 0 fully saturated rings. The van der Waals surface area contributed by atoms with Gasteiger partial charge in [-0.2, -0.15) is 0 Å². The molecule has 0 bridgehead atoms. The molecule has 2 N–H and O–H groups in total. The summed E-state index contributed by atoms with van der Waals surface area (Å²) in [7, 11) is 0. The number of nitrogens with zero attached hydrogens (tertiary/aromatic N) is 4. The highest BCUT2D eigenvalue weighted by Crippen LogP contribution is 2.31. The van der Waals surface area contributed by atoms with Gasteiger partial charge in [-0.05, 0) is 17.0 Å². The zero-order valence-electron chi connectivity index (χ0n) is 20.6. The van der Waals surface area contributed by atoms with Crippen molar-refractivity contribution in [3.05, 3.63) is 71.3 Å². The number of anilines is 1. The Balaban J connectivity index is 0.00000342. The molecule has 2 aromatic heterocycles. The van der Waals surface area contributed by atoms with Crippen LogP contribution in [0.2, 0.25) is 0 Å². The number of carbonyl (C=O) groups is 1. The van der Waals surface area contributed by atoms with E-state index in [1.54, 1.807) is 12.4 Å². The molecule has 35 heavy (non-hydrogen) atoms. The number of fused-ring (bicyclic) bond motifs is 1. The third-order valence-corrected chi connectivity index (χ3v) is 5.85. The summed E-state index contributed by atoms with van der Waals surface area (Å²) >= 11 is 0. The average molecular weight is 479 g/mol. The Morgan fingerprint density at radius 3 is 2.71 bits per heavy atom. The number of benzene rings is 1. The van der Waals surface area contributed by atoms with Crippen LogP contribution in [0.3, 0.4) is 0 Å². The maximum absolute atomic E-state index is 14.1. The zero-order chi connectivity index (χ0) is 24.3. The largest absolute Gasteiger partial charge is 0.447 e. The van der Waals surface area contributed by atoms with Gasteiger partial charge in [-0.25, -0.2) is 15.0 Å². The van der Waals surface area contributed by atoms with Crippen LogP contribution in [0.4, 0.5) is 5.82 Å². The summed E-state index contributed by atoms with van der Waals surface area (Å²) in [6.45, 7) is 12.9. The van der Waals surface area contributed by atoms with Gasteiger partial charge in [-0.3, -0.25) is 4.79 Å². The van der Waals surface area contributed by atoms with Gasteiger partial charge in [0.1, 0.15) is 23.5 Å². The minimum Gasteiger partial charge on any atom is -0.447 e. The maximum Gasteiger partial charge on any atom is 0.259 e. The molecule has 0 aliphatic carbocycles. The lowest BCUT2D eigenvalue weighted by atomic mass is 9.94. The van der Waals surface area contributed by atoms with E-state index in [4.69, 9.17) is 9.40 Å². The van der Waals surface area contributed by atoms with Gasteiger partial charge in [-0.1, -0.05) is 66.3 Å². The number of hydrogen-bond acceptors (Lipinski definition) is 7. The van der Waals surface area contributed by atoms with Crippen LogP contribution >= 0.6 is 0 Å². The number of nitrogens with one attached hydrogen (secondary N) is 2. The van der Waals surface area contributed by atoms with Gasteiger partial charge in [0.25, 0.3) is 5.91 Å². The smallest absolute Gasteiger partial charge is 0.259 e. The number of hydrogen-bond donors (Lipinski definition) is 2. The van der Waals surface area contributed by atoms with Crippen molar-refractivity contribution in [2.45, 2.75) is 66.6 Å². The first-order chi connectivity index (χ1) is 16.2. The van der Waals surface area contributed by atoms with Gasteiger partial charge in [0.05, 0.1) is 18.8 Å². The van der Waals surface area contributed by atoms with Crippen molar-refractivity contribution < 1.29 is 9.21 Å². The van der Waals surface area contributed by atoms with Gasteiger partial charge in [0.2, 0.25) is 5.89 Å². The van der Waals surface area contributed by atoms with Crippen molar-refractivity contribution in [3.63, 3.8) is 0 Å². The molecule has 0 saturated carbocycles. The molecule has 1 aromatic carbocycles. The Bertz CT molecular complexity index is 1120. The van der Waals surface area contributed by atoms with Gasteiger partial charge in [-0.15, -0.1) is 0 Å². The van der Waals surface area contributed by atoms with Crippen LogP contribution in [-0.2, 0) is 18.5 Å². The molecule has 3 heterocycles. The minimum atomic E-state index is -0.259. The molecular formula is C27H38N6O2. The summed E-state index contributed by atoms with van der Waals surface area (Å²) < 4.78 is 5.37. The van der Waals surface area contributed by atoms with Crippen LogP contribution in [0, 0.1) is 5.92 Å². The molecule has 1 aliphatic rings. The Morgan fingerprint density at radius 1 is 1.26 bits per heavy atom. The molecule has 1 atom stereocenters. The zero-order valence-corrected chi connectivity index (χ0v) is 20.6. The quantitative estimate of drug-likeness (QED) is 0.496. The van der Waals surface area contributed by atoms with E-state index in [2.05, 4.69) is 67.4 Å². The number of rotatable bonds is 7. The second kappa shape index (κ2) is 11.0. The minimum absolute atomic E-state index is 0. The highest BCUT2D eigenvalue weighted by Gasteiger charge is 2.32. The molecule has 0 spiro atoms. The van der Waals surface area contributed by atoms with Gasteiger partial charge in [0, 0.05) is 31.2 Å². The van der Waals surface area contributed by atoms with Crippen molar-refractivity contribution in [3.8, 4) is 0 Å². The number of carbonyl (C=O) groups excluding carboxylic acids is 1. The fourth-order valence-electron chi connectivity index (χ4n) is 4.19. The fourth-order valence-corrected chi connectivity index (χ4v) is 4.19. The van der Waals surface area contributed by atoms with Crippen LogP contribution in [0.25, 0.3) is 0 Å². The first kappa shape index (κ1) is 26.3. The van der Waals surface area contributed by atoms with Gasteiger partial charge < -0.3 is 20.0 Å². The first-order valence-corrected chi connectivity index (χ1v) is 11.8. The van der Waals surface area contributed by atoms with E-state index in [1.165, 1.54) is 17.4 Å². The lowest BCUT2D eigenvalue weighted by Crippen LogP contribution is -2.44. The molecule has 8 heteroatoms. The van der Waals surface area contributed by atoms with Crippen molar-refractivity contribution in [2.75, 3.05) is 18.4 Å². The molecule has 3 aromatic rings. The number of amides is 1. The molecule has 1 unspecified atom stereocenters. The molecule has 188 valence electrons. The standard InChI is InChI=1S/C26H34N6O2.CH4/c1-17(2)16-32(21-14-27-12-18-8-6-7-9-19(18)21)24(33)20-13-30-25(26(3,4)5)31-23(20)29-15-22-28-10-11-34-22;/h6-11,13,17,21,27H,12,14-16H2,1-5H3,(H,29,30,31);1H4. The molecule has 1 aliphatic heterocycles. The van der Waals surface area contributed by atoms with Crippen molar-refractivity contribution in [1.82, 2.24) is 25.2 Å². The lowest BCUT2D eigenvalue weighted by Gasteiger charge is -2.37. The predicted molar refractivity (Wildman–Crippen MR) is 138 cm³/mol. The normalized spacial score (nSPS) is 15.3. The SMILES string of the molecule is C.CC(C)CN(C(=O)c1cnc(C(C)(C)C)nc1NCc1ncco1)C1CNCc2ccccc21. The topological polar surface area (TPSA) is 96.2 Å². The molecule has 4 rings (SSSR count). The van der Waals surface area contributed by atoms with Crippen molar-refractivity contribution in [2.24, 2.45) is 5.92 Å². The van der Waals surface area contributed by atoms with Crippen LogP contribution < -0.4 is 10.6 Å². The second-order valence-electron chi connectivity index (χ2n) is 10.2. The van der Waals surface area contributed by atoms with Gasteiger partial charge >= 0.3 is 0 Å². The fraction of sp³-hybridized carbons (Fsp3) is 0.481. The Hall–Kier alpha value is -3.26. The molecular weight excluding hydrogens is 440 g/mol. The van der Waals surface area contributed by atoms with E-state index in [0.717, 1.165) is 6.54 Å². The van der Waals surface area contributed by atoms with Gasteiger partial charge in [0.15, 0.2) is 0 Å². The van der Waals surface area contributed by atoms with E-state index >= 15 is 0 Å². The van der Waals surface area contributed by atoms with Crippen molar-refractivity contribution >= 4 is 11.7 Å². The molecule has 8 nitrogen and oxygen atoms in total. The predicted octanol–water partition coefficient (Wildman–Crippen LogP) is 4.95. The summed E-state index contributed by atoms with van der Waals surface area (Å²) in [6.07, 6.45) is 4.78. The van der Waals surface area contributed by atoms with Crippen LogP contribution in [-0.4, -0.2) is 38.8 Å². The first-order valence-electron chi connectivity index (χ1n) is 11.8. The highest BCUT2D eigenvalue weighted by molar-refractivity contribution is 5.98. The maximum atomic E-state index is 14.1. The van der Waals surface area contributed by atoms with E-state index in [0.29, 0.717) is 48.6 Å². The summed E-state index contributed by atoms with van der Waals surface area (Å²) in [5, 5.41) is 6.75. The Kier molecular flexibility index (Phi) is 8.27. The number of aromatic nitrogens is 3. The highest BCUT2D eigenvalue weighted by atomic mass is 16.3. The van der Waals surface area contributed by atoms with Crippen molar-refractivity contribution in [1.29, 1.82) is 0 Å². The van der Waals surface area contributed by atoms with E-state index in [-0.39, 0.29) is 24.8 Å². The Morgan fingerprint density at radius 2 is 2.03 bits per heavy atom. The van der Waals surface area contributed by atoms with Crippen LogP contribution in [0.15, 0.2) is 47.3 Å². The average Bonchev–Trinajstić information content (AvgIpc) is 3.33. The third-order valence-electron chi connectivity index (χ3n) is 5.85. The van der Waals surface area contributed by atoms with E-state index in [1.807, 2.05) is 17.0 Å². The molecule has 0 saturated heterocycles. The third kappa shape index (κ3) is 6.06. The lowest BCUT2D eigenvalue weighted by molar-refractivity contribution is 0.0638. The summed E-state index contributed by atoms with van der Waals surface area (Å²) in [5.74, 6) is 1.90. The molecule has 1 amide bonds. The summed E-state index contributed by atoms with van der Waals surface area (Å²) in [6, 6.07) is 8.27. The number of oxazole rings is 1. The summed E-state index contributed by atoms with van der Waals surface area (Å²) in [4.78, 5) is 29.5. The molecule has 0 radical (unpaired) electrons. The second-order valence-corrected chi connectivity index (χ2v) is 10.2. The van der Waals surface area contributed by atoms with Crippen LogP contribution in [0.1, 0.15) is 81.3 Å². The Labute approximate surface area is 208 Å². The van der Waals surface area contributed by atoms with E-state index < -0.39 is 0 Å². The van der Waals surface area contributed by atoms with Crippen LogP contribution in [0.5, 0.6) is 0 Å². The summed E-state index contributed by atoms with van der Waals surface area (Å²) in [5.41, 5.74) is 2.60.